The normalized spacial score (nSPS) is 18.8. The Balaban J connectivity index is 0.999. The molecule has 4 heterocycles. The Hall–Kier alpha value is -7.93. The molecule has 2 aromatic carbocycles. The molecule has 7 rings (SSSR count). The molecule has 0 spiro atoms. The summed E-state index contributed by atoms with van der Waals surface area (Å²) in [4.78, 5) is 144. The Morgan fingerprint density at radius 1 is 0.829 bits per heavy atom. The average Bonchev–Trinajstić information content (AvgIpc) is 3.76. The number of nitrogens with one attached hydrogen (secondary N) is 5. The van der Waals surface area contributed by atoms with Crippen molar-refractivity contribution in [3.05, 3.63) is 83.0 Å². The largest absolute Gasteiger partial charge is 0.509 e. The Kier molecular flexibility index (Phi) is 20.8. The maximum atomic E-state index is 14.3. The van der Waals surface area contributed by atoms with E-state index in [2.05, 4.69) is 36.5 Å². The third kappa shape index (κ3) is 16.2. The minimum atomic E-state index is -1.52. The molecule has 0 radical (unpaired) electrons. The first-order chi connectivity index (χ1) is 39.0. The first kappa shape index (κ1) is 61.7. The van der Waals surface area contributed by atoms with Gasteiger partial charge in [0, 0.05) is 75.6 Å². The van der Waals surface area contributed by atoms with Gasteiger partial charge >= 0.3 is 18.3 Å². The van der Waals surface area contributed by atoms with E-state index in [0.717, 1.165) is 26.6 Å². The summed E-state index contributed by atoms with van der Waals surface area (Å²) in [6.45, 7) is 11.0. The lowest BCUT2D eigenvalue weighted by atomic mass is 9.67. The molecule has 10 amide bonds. The molecule has 2 saturated heterocycles. The molecule has 3 unspecified atom stereocenters. The van der Waals surface area contributed by atoms with Gasteiger partial charge in [0.05, 0.1) is 28.7 Å². The van der Waals surface area contributed by atoms with Gasteiger partial charge in [-0.2, -0.15) is 0 Å². The second kappa shape index (κ2) is 27.7. The van der Waals surface area contributed by atoms with E-state index in [4.69, 9.17) is 19.9 Å². The molecule has 1 saturated carbocycles. The van der Waals surface area contributed by atoms with Crippen LogP contribution in [0.3, 0.4) is 0 Å². The Morgan fingerprint density at radius 2 is 1.49 bits per heavy atom. The van der Waals surface area contributed by atoms with Crippen molar-refractivity contribution in [2.45, 2.75) is 128 Å². The van der Waals surface area contributed by atoms with Gasteiger partial charge in [0.1, 0.15) is 29.2 Å². The molecule has 0 bridgehead atoms. The first-order valence-electron chi connectivity index (χ1n) is 27.7. The molecular weight excluding hydrogens is 1080 g/mol. The lowest BCUT2D eigenvalue weighted by Gasteiger charge is -2.39. The van der Waals surface area contributed by atoms with E-state index in [-0.39, 0.29) is 81.3 Å². The van der Waals surface area contributed by atoms with Crippen molar-refractivity contribution >= 4 is 76.7 Å². The smallest absolute Gasteiger partial charge is 0.444 e. The van der Waals surface area contributed by atoms with Crippen molar-refractivity contribution in [3.8, 4) is 10.4 Å². The number of imide groups is 1. The molecule has 82 heavy (non-hydrogen) atoms. The van der Waals surface area contributed by atoms with Crippen molar-refractivity contribution in [1.82, 2.24) is 45.9 Å². The number of likely N-dealkylation sites (tertiary alicyclic amines) is 1. The molecule has 3 fully saturated rings. The second-order valence-corrected chi connectivity index (χ2v) is 23.0. The van der Waals surface area contributed by atoms with Gasteiger partial charge in [-0.3, -0.25) is 43.4 Å². The zero-order valence-electron chi connectivity index (χ0n) is 47.3. The molecular formula is C57H75N11O13S. The fourth-order valence-electron chi connectivity index (χ4n) is 10.00. The van der Waals surface area contributed by atoms with Crippen molar-refractivity contribution in [2.24, 2.45) is 11.1 Å². The molecule has 1 aromatic heterocycles. The first-order valence-corrected chi connectivity index (χ1v) is 28.6. The number of amides is 10. The number of nitrogens with two attached hydrogens (primary N) is 1. The topological polar surface area (TPSA) is 310 Å². The molecule has 5 atom stereocenters. The molecule has 1 aliphatic carbocycles. The standard InChI is InChI=1S/C57H75N11O13S/c1-35(37-13-15-39(16-14-37)47-36(2)61-34-82-47)62-49(72)43-32-41(33-68(43)54(77)81-56(3,4)5)79-55(78)80-46(50(73)66-30-28-65(6)29-31-66)38-17-19-40(20-18-38)63-48(71)42(12-10-26-60-53(58)76)64-52(75)57(23-11-24-57)51(74)59-25-8-7-9-27-67-44(69)21-22-45(67)70/h13-22,34-35,41-43,46H,7-12,23-33H2,1-6H3,(H,59,74)(H,62,72)(H,63,71)(H,64,75)(H3,58,60,76)/t35-,41?,42-,43?,46?/m0/s1. The van der Waals surface area contributed by atoms with Gasteiger partial charge < -0.3 is 56.3 Å². The number of urea groups is 1. The zero-order valence-corrected chi connectivity index (χ0v) is 48.1. The number of ether oxygens (including phenoxy) is 3. The number of nitrogens with zero attached hydrogens (tertiary/aromatic N) is 5. The third-order valence-electron chi connectivity index (χ3n) is 14.9. The van der Waals surface area contributed by atoms with Crippen LogP contribution in [0.1, 0.15) is 114 Å². The SMILES string of the molecule is Cc1ncsc1-c1ccc([C@H](C)NC(=O)C2CC(OC(=O)OC(C(=O)N3CCN(C)CC3)c3ccc(NC(=O)[C@H](CCCNC(N)=O)NC(=O)C4(C(=O)NCCCCCN5C(=O)C=CC5=O)CCC4)cc3)CN2C(=O)OC(C)(C)C)cc1. The van der Waals surface area contributed by atoms with Crippen molar-refractivity contribution < 1.29 is 62.2 Å². The number of carbonyl (C=O) groups is 10. The number of likely N-dealkylation sites (N-methyl/N-ethyl adjacent to an activating group) is 1. The summed E-state index contributed by atoms with van der Waals surface area (Å²) >= 11 is 1.53. The van der Waals surface area contributed by atoms with Crippen LogP contribution in [0.4, 0.5) is 20.1 Å². The highest BCUT2D eigenvalue weighted by Crippen LogP contribution is 2.42. The number of benzene rings is 2. The average molecular weight is 1150 g/mol. The van der Waals surface area contributed by atoms with Crippen LogP contribution in [0.25, 0.3) is 10.4 Å². The summed E-state index contributed by atoms with van der Waals surface area (Å²) in [5, 5.41) is 13.9. The van der Waals surface area contributed by atoms with Gasteiger partial charge in [-0.1, -0.05) is 42.8 Å². The van der Waals surface area contributed by atoms with Crippen LogP contribution in [-0.4, -0.2) is 167 Å². The predicted octanol–water partition coefficient (Wildman–Crippen LogP) is 4.60. The fourth-order valence-corrected chi connectivity index (χ4v) is 10.8. The van der Waals surface area contributed by atoms with Gasteiger partial charge in [0.25, 0.3) is 17.7 Å². The number of primary amides is 1. The summed E-state index contributed by atoms with van der Waals surface area (Å²) in [5.74, 6) is -3.50. The summed E-state index contributed by atoms with van der Waals surface area (Å²) in [7, 11) is 1.92. The molecule has 25 heteroatoms. The van der Waals surface area contributed by atoms with E-state index in [9.17, 15) is 47.9 Å². The number of unbranched alkanes of at least 4 members (excludes halogenated alkanes) is 2. The molecule has 24 nitrogen and oxygen atoms in total. The molecule has 3 aliphatic heterocycles. The van der Waals surface area contributed by atoms with Crippen LogP contribution in [0, 0.1) is 12.3 Å². The van der Waals surface area contributed by atoms with Gasteiger partial charge in [-0.05, 0) is 110 Å². The number of hydrogen-bond donors (Lipinski definition) is 6. The van der Waals surface area contributed by atoms with Crippen LogP contribution in [-0.2, 0) is 47.8 Å². The molecule has 4 aliphatic rings. The van der Waals surface area contributed by atoms with Crippen molar-refractivity contribution in [3.63, 3.8) is 0 Å². The Bertz CT molecular complexity index is 2840. The monoisotopic (exact) mass is 1150 g/mol. The highest BCUT2D eigenvalue weighted by molar-refractivity contribution is 7.13. The van der Waals surface area contributed by atoms with E-state index in [1.807, 2.05) is 45.2 Å². The van der Waals surface area contributed by atoms with Crippen LogP contribution >= 0.6 is 11.3 Å². The van der Waals surface area contributed by atoms with Gasteiger partial charge in [-0.25, -0.2) is 19.4 Å². The summed E-state index contributed by atoms with van der Waals surface area (Å²) in [6, 6.07) is 10.2. The van der Waals surface area contributed by atoms with Crippen LogP contribution in [0.15, 0.2) is 66.2 Å². The summed E-state index contributed by atoms with van der Waals surface area (Å²) < 4.78 is 17.3. The number of piperazine rings is 1. The van der Waals surface area contributed by atoms with E-state index in [1.165, 1.54) is 52.7 Å². The minimum absolute atomic E-state index is 0.0486. The number of aromatic nitrogens is 1. The van der Waals surface area contributed by atoms with Gasteiger partial charge in [0.2, 0.25) is 29.7 Å². The highest BCUT2D eigenvalue weighted by Gasteiger charge is 2.51. The fraction of sp³-hybridized carbons (Fsp3) is 0.526. The van der Waals surface area contributed by atoms with Gasteiger partial charge in [-0.15, -0.1) is 11.3 Å². The van der Waals surface area contributed by atoms with E-state index in [0.29, 0.717) is 51.9 Å². The molecule has 3 aromatic rings. The lowest BCUT2D eigenvalue weighted by Crippen LogP contribution is -2.58. The lowest BCUT2D eigenvalue weighted by molar-refractivity contribution is -0.151. The number of thiazole rings is 1. The van der Waals surface area contributed by atoms with Gasteiger partial charge in [0.15, 0.2) is 0 Å². The Morgan fingerprint density at radius 3 is 2.10 bits per heavy atom. The van der Waals surface area contributed by atoms with Crippen molar-refractivity contribution in [1.29, 1.82) is 0 Å². The van der Waals surface area contributed by atoms with Crippen LogP contribution < -0.4 is 32.3 Å². The minimum Gasteiger partial charge on any atom is -0.444 e. The van der Waals surface area contributed by atoms with E-state index >= 15 is 0 Å². The number of carbonyl (C=O) groups excluding carboxylic acids is 10. The van der Waals surface area contributed by atoms with Crippen molar-refractivity contribution in [2.75, 3.05) is 64.7 Å². The number of rotatable bonds is 23. The van der Waals surface area contributed by atoms with Crippen LogP contribution in [0.5, 0.6) is 0 Å². The summed E-state index contributed by atoms with van der Waals surface area (Å²) in [5.41, 5.74) is 7.92. The second-order valence-electron chi connectivity index (χ2n) is 22.1. The Labute approximate surface area is 480 Å². The maximum Gasteiger partial charge on any atom is 0.509 e. The number of anilines is 1. The third-order valence-corrected chi connectivity index (χ3v) is 15.9. The molecule has 442 valence electrons. The quantitative estimate of drug-likeness (QED) is 0.0327. The number of hydrogen-bond acceptors (Lipinski definition) is 16. The van der Waals surface area contributed by atoms with E-state index in [1.54, 1.807) is 31.2 Å². The van der Waals surface area contributed by atoms with Crippen LogP contribution in [0.2, 0.25) is 0 Å². The number of aryl methyl sites for hydroxylation is 1. The highest BCUT2D eigenvalue weighted by atomic mass is 32.1. The molecule has 7 N–H and O–H groups in total. The zero-order chi connectivity index (χ0) is 59.3. The maximum absolute atomic E-state index is 14.3. The predicted molar refractivity (Wildman–Crippen MR) is 301 cm³/mol. The van der Waals surface area contributed by atoms with E-state index < -0.39 is 89.2 Å². The summed E-state index contributed by atoms with van der Waals surface area (Å²) in [6.07, 6.45) is 0.860.